The van der Waals surface area contributed by atoms with E-state index in [0.717, 1.165) is 16.3 Å². The molecule has 0 unspecified atom stereocenters. The Labute approximate surface area is 94.9 Å². The van der Waals surface area contributed by atoms with Gasteiger partial charge in [-0.3, -0.25) is 0 Å². The van der Waals surface area contributed by atoms with Crippen LogP contribution >= 0.6 is 0 Å². The molecule has 2 rings (SSSR count). The summed E-state index contributed by atoms with van der Waals surface area (Å²) in [7, 11) is 1.87. The number of aromatic hydroxyl groups is 1. The number of benzene rings is 2. The molecule has 0 saturated heterocycles. The van der Waals surface area contributed by atoms with E-state index in [0.29, 0.717) is 12.3 Å². The van der Waals surface area contributed by atoms with Crippen molar-refractivity contribution in [1.82, 2.24) is 5.32 Å². The molecule has 2 N–H and O–H groups in total. The van der Waals surface area contributed by atoms with Crippen molar-refractivity contribution >= 4 is 10.8 Å². The van der Waals surface area contributed by atoms with Gasteiger partial charge in [0.25, 0.3) is 0 Å². The summed E-state index contributed by atoms with van der Waals surface area (Å²) >= 11 is 0. The largest absolute Gasteiger partial charge is 0.508 e. The molecule has 0 bridgehead atoms. The van der Waals surface area contributed by atoms with E-state index in [1.54, 1.807) is 12.1 Å². The monoisotopic (exact) mass is 211 g/mol. The minimum absolute atomic E-state index is 0.293. The Hall–Kier alpha value is -1.98. The van der Waals surface area contributed by atoms with Crippen LogP contribution in [0.5, 0.6) is 5.75 Å². The summed E-state index contributed by atoms with van der Waals surface area (Å²) in [5.41, 5.74) is 0.994. The molecule has 0 spiro atoms. The zero-order valence-electron chi connectivity index (χ0n) is 9.12. The molecule has 0 aliphatic carbocycles. The van der Waals surface area contributed by atoms with Gasteiger partial charge in [-0.15, -0.1) is 0 Å². The summed E-state index contributed by atoms with van der Waals surface area (Å²) in [4.78, 5) is 0. The van der Waals surface area contributed by atoms with E-state index < -0.39 is 0 Å². The van der Waals surface area contributed by atoms with Crippen LogP contribution in [0.1, 0.15) is 5.56 Å². The molecule has 2 aromatic rings. The van der Waals surface area contributed by atoms with Crippen molar-refractivity contribution in [1.29, 1.82) is 0 Å². The topological polar surface area (TPSA) is 32.3 Å². The summed E-state index contributed by atoms with van der Waals surface area (Å²) in [6.45, 7) is 0.688. The maximum atomic E-state index is 9.34. The van der Waals surface area contributed by atoms with Crippen LogP contribution in [-0.4, -0.2) is 18.7 Å². The first-order chi connectivity index (χ1) is 7.79. The van der Waals surface area contributed by atoms with Gasteiger partial charge in [0, 0.05) is 5.56 Å². The number of rotatable bonds is 1. The van der Waals surface area contributed by atoms with Crippen LogP contribution < -0.4 is 5.32 Å². The average Bonchev–Trinajstić information content (AvgIpc) is 2.29. The van der Waals surface area contributed by atoms with Gasteiger partial charge in [0.15, 0.2) is 0 Å². The third kappa shape index (κ3) is 2.33. The third-order valence-corrected chi connectivity index (χ3v) is 2.32. The van der Waals surface area contributed by atoms with Crippen LogP contribution in [0.2, 0.25) is 0 Å². The van der Waals surface area contributed by atoms with Crippen LogP contribution in [0.15, 0.2) is 36.4 Å². The van der Waals surface area contributed by atoms with Gasteiger partial charge in [-0.25, -0.2) is 0 Å². The number of phenolic OH excluding ortho intramolecular Hbond substituents is 1. The predicted molar refractivity (Wildman–Crippen MR) is 66.4 cm³/mol. The van der Waals surface area contributed by atoms with Crippen LogP contribution in [0, 0.1) is 11.8 Å². The SMILES string of the molecule is CNCC#Cc1ccc2cc(O)ccc2c1. The number of phenols is 1. The molecular formula is C14H13NO. The van der Waals surface area contributed by atoms with E-state index in [4.69, 9.17) is 0 Å². The van der Waals surface area contributed by atoms with E-state index in [1.165, 1.54) is 0 Å². The lowest BCUT2D eigenvalue weighted by molar-refractivity contribution is 0.476. The van der Waals surface area contributed by atoms with Gasteiger partial charge in [-0.1, -0.05) is 24.0 Å². The number of hydrogen-bond donors (Lipinski definition) is 2. The number of nitrogens with one attached hydrogen (secondary N) is 1. The molecule has 16 heavy (non-hydrogen) atoms. The fraction of sp³-hybridized carbons (Fsp3) is 0.143. The van der Waals surface area contributed by atoms with Crippen molar-refractivity contribution in [3.63, 3.8) is 0 Å². The Morgan fingerprint density at radius 2 is 1.88 bits per heavy atom. The highest BCUT2D eigenvalue weighted by Gasteiger charge is 1.95. The fourth-order valence-electron chi connectivity index (χ4n) is 1.55. The van der Waals surface area contributed by atoms with Gasteiger partial charge in [0.2, 0.25) is 0 Å². The second-order valence-electron chi connectivity index (χ2n) is 3.58. The second-order valence-corrected chi connectivity index (χ2v) is 3.58. The molecule has 80 valence electrons. The van der Waals surface area contributed by atoms with Crippen LogP contribution in [0.4, 0.5) is 0 Å². The molecule has 0 amide bonds. The molecule has 2 nitrogen and oxygen atoms in total. The zero-order valence-corrected chi connectivity index (χ0v) is 9.12. The molecule has 0 aliphatic rings. The van der Waals surface area contributed by atoms with Gasteiger partial charge in [-0.2, -0.15) is 0 Å². The zero-order chi connectivity index (χ0) is 11.4. The molecule has 2 aromatic carbocycles. The first kappa shape index (κ1) is 10.5. The van der Waals surface area contributed by atoms with E-state index in [2.05, 4.69) is 17.2 Å². The van der Waals surface area contributed by atoms with Crippen LogP contribution in [-0.2, 0) is 0 Å². The predicted octanol–water partition coefficient (Wildman–Crippen LogP) is 2.12. The summed E-state index contributed by atoms with van der Waals surface area (Å²) in [5, 5.41) is 14.4. The minimum Gasteiger partial charge on any atom is -0.508 e. The first-order valence-corrected chi connectivity index (χ1v) is 5.16. The molecular weight excluding hydrogens is 198 g/mol. The Morgan fingerprint density at radius 1 is 1.12 bits per heavy atom. The van der Waals surface area contributed by atoms with Crippen molar-refractivity contribution < 1.29 is 5.11 Å². The van der Waals surface area contributed by atoms with Gasteiger partial charge < -0.3 is 10.4 Å². The second kappa shape index (κ2) is 4.69. The summed E-state index contributed by atoms with van der Waals surface area (Å²) in [6, 6.07) is 11.3. The molecule has 2 heteroatoms. The highest BCUT2D eigenvalue weighted by molar-refractivity contribution is 5.85. The van der Waals surface area contributed by atoms with E-state index in [1.807, 2.05) is 31.3 Å². The van der Waals surface area contributed by atoms with Gasteiger partial charge in [0.05, 0.1) is 6.54 Å². The average molecular weight is 211 g/mol. The highest BCUT2D eigenvalue weighted by Crippen LogP contribution is 2.20. The lowest BCUT2D eigenvalue weighted by atomic mass is 10.1. The quantitative estimate of drug-likeness (QED) is 0.708. The third-order valence-electron chi connectivity index (χ3n) is 2.32. The maximum Gasteiger partial charge on any atom is 0.116 e. The molecule has 0 fully saturated rings. The van der Waals surface area contributed by atoms with Crippen LogP contribution in [0.25, 0.3) is 10.8 Å². The summed E-state index contributed by atoms with van der Waals surface area (Å²) in [5.74, 6) is 6.39. The molecule has 0 saturated carbocycles. The van der Waals surface area contributed by atoms with Gasteiger partial charge in [0.1, 0.15) is 5.75 Å². The standard InChI is InChI=1S/C14H13NO/c1-15-8-2-3-11-4-5-13-10-14(16)7-6-12(13)9-11/h4-7,9-10,15-16H,8H2,1H3. The Balaban J connectivity index is 2.38. The highest BCUT2D eigenvalue weighted by atomic mass is 16.3. The Morgan fingerprint density at radius 3 is 2.69 bits per heavy atom. The summed E-state index contributed by atoms with van der Waals surface area (Å²) in [6.07, 6.45) is 0. The van der Waals surface area contributed by atoms with E-state index >= 15 is 0 Å². The van der Waals surface area contributed by atoms with Crippen molar-refractivity contribution in [2.24, 2.45) is 0 Å². The first-order valence-electron chi connectivity index (χ1n) is 5.16. The van der Waals surface area contributed by atoms with Crippen molar-refractivity contribution in [2.45, 2.75) is 0 Å². The van der Waals surface area contributed by atoms with Crippen LogP contribution in [0.3, 0.4) is 0 Å². The van der Waals surface area contributed by atoms with Crippen molar-refractivity contribution in [3.05, 3.63) is 42.0 Å². The molecule has 0 radical (unpaired) electrons. The molecule has 0 aromatic heterocycles. The lowest BCUT2D eigenvalue weighted by Crippen LogP contribution is -2.04. The number of hydrogen-bond acceptors (Lipinski definition) is 2. The summed E-state index contributed by atoms with van der Waals surface area (Å²) < 4.78 is 0. The molecule has 0 heterocycles. The maximum absolute atomic E-state index is 9.34. The Bertz CT molecular complexity index is 564. The fourth-order valence-corrected chi connectivity index (χ4v) is 1.55. The molecule has 0 aliphatic heterocycles. The van der Waals surface area contributed by atoms with E-state index in [9.17, 15) is 5.11 Å². The van der Waals surface area contributed by atoms with Gasteiger partial charge in [-0.05, 0) is 42.1 Å². The van der Waals surface area contributed by atoms with Gasteiger partial charge >= 0.3 is 0 Å². The number of fused-ring (bicyclic) bond motifs is 1. The lowest BCUT2D eigenvalue weighted by Gasteiger charge is -1.99. The van der Waals surface area contributed by atoms with E-state index in [-0.39, 0.29) is 0 Å². The van der Waals surface area contributed by atoms with Crippen molar-refractivity contribution in [2.75, 3.05) is 13.6 Å². The minimum atomic E-state index is 0.293. The molecule has 0 atom stereocenters. The van der Waals surface area contributed by atoms with Crippen molar-refractivity contribution in [3.8, 4) is 17.6 Å². The smallest absolute Gasteiger partial charge is 0.116 e. The Kier molecular flexibility index (Phi) is 3.09. The normalized spacial score (nSPS) is 9.81.